The largest absolute Gasteiger partial charge is 0.507 e. The molecule has 0 fully saturated rings. The molecule has 1 rings (SSSR count). The van der Waals surface area contributed by atoms with E-state index in [0.29, 0.717) is 16.7 Å². The Kier molecular flexibility index (Phi) is 2.68. The van der Waals surface area contributed by atoms with E-state index in [-0.39, 0.29) is 19.0 Å². The topological polar surface area (TPSA) is 60.7 Å². The van der Waals surface area contributed by atoms with Gasteiger partial charge in [-0.25, -0.2) is 0 Å². The molecule has 0 saturated carbocycles. The molecule has 0 unspecified atom stereocenters. The summed E-state index contributed by atoms with van der Waals surface area (Å²) in [6.07, 6.45) is 0. The molecular weight excluding hydrogens is 156 g/mol. The second-order valence-electron chi connectivity index (χ2n) is 2.74. The Morgan fingerprint density at radius 1 is 1.17 bits per heavy atom. The predicted molar refractivity (Wildman–Crippen MR) is 44.7 cm³/mol. The molecule has 3 nitrogen and oxygen atoms in total. The number of aliphatic hydroxyl groups excluding tert-OH is 2. The molecule has 3 heteroatoms. The van der Waals surface area contributed by atoms with Gasteiger partial charge in [0.05, 0.1) is 13.2 Å². The van der Waals surface area contributed by atoms with Crippen molar-refractivity contribution < 1.29 is 15.3 Å². The molecular formula is C9H12O3. The van der Waals surface area contributed by atoms with Crippen LogP contribution in [0.2, 0.25) is 0 Å². The van der Waals surface area contributed by atoms with Crippen LogP contribution in [0.5, 0.6) is 5.75 Å². The van der Waals surface area contributed by atoms with Crippen molar-refractivity contribution in [1.82, 2.24) is 0 Å². The van der Waals surface area contributed by atoms with Crippen LogP contribution in [-0.2, 0) is 13.2 Å². The molecule has 0 aliphatic heterocycles. The average Bonchev–Trinajstić information content (AvgIpc) is 2.09. The highest BCUT2D eigenvalue weighted by molar-refractivity contribution is 5.42. The third kappa shape index (κ3) is 1.57. The van der Waals surface area contributed by atoms with Gasteiger partial charge in [0.25, 0.3) is 0 Å². The van der Waals surface area contributed by atoms with Crippen LogP contribution in [0.15, 0.2) is 12.1 Å². The van der Waals surface area contributed by atoms with E-state index in [1.807, 2.05) is 0 Å². The molecule has 0 aliphatic carbocycles. The van der Waals surface area contributed by atoms with Crippen molar-refractivity contribution in [3.05, 3.63) is 28.8 Å². The van der Waals surface area contributed by atoms with Gasteiger partial charge < -0.3 is 15.3 Å². The van der Waals surface area contributed by atoms with E-state index in [1.165, 1.54) is 0 Å². The van der Waals surface area contributed by atoms with Gasteiger partial charge >= 0.3 is 0 Å². The van der Waals surface area contributed by atoms with Gasteiger partial charge in [0.15, 0.2) is 0 Å². The lowest BCUT2D eigenvalue weighted by Crippen LogP contribution is -1.92. The lowest BCUT2D eigenvalue weighted by atomic mass is 10.1. The number of phenols is 1. The van der Waals surface area contributed by atoms with E-state index in [1.54, 1.807) is 19.1 Å². The standard InChI is InChI=1S/C9H12O3/c1-6-2-7(4-10)3-8(5-11)9(6)12/h2-3,10-12H,4-5H2,1H3. The van der Waals surface area contributed by atoms with E-state index in [4.69, 9.17) is 10.2 Å². The van der Waals surface area contributed by atoms with Crippen LogP contribution >= 0.6 is 0 Å². The SMILES string of the molecule is Cc1cc(CO)cc(CO)c1O. The minimum Gasteiger partial charge on any atom is -0.507 e. The van der Waals surface area contributed by atoms with Crippen molar-refractivity contribution in [2.45, 2.75) is 20.1 Å². The normalized spacial score (nSPS) is 10.2. The molecule has 0 atom stereocenters. The van der Waals surface area contributed by atoms with Gasteiger partial charge in [-0.05, 0) is 24.1 Å². The lowest BCUT2D eigenvalue weighted by Gasteiger charge is -2.06. The molecule has 3 N–H and O–H groups in total. The molecule has 0 spiro atoms. The Balaban J connectivity index is 3.19. The average molecular weight is 168 g/mol. The zero-order valence-electron chi connectivity index (χ0n) is 6.91. The number of aromatic hydroxyl groups is 1. The van der Waals surface area contributed by atoms with Crippen molar-refractivity contribution in [2.75, 3.05) is 0 Å². The monoisotopic (exact) mass is 168 g/mol. The first-order valence-electron chi connectivity index (χ1n) is 3.72. The fraction of sp³-hybridized carbons (Fsp3) is 0.333. The quantitative estimate of drug-likeness (QED) is 0.608. The Labute approximate surface area is 70.9 Å². The highest BCUT2D eigenvalue weighted by atomic mass is 16.3. The van der Waals surface area contributed by atoms with Crippen molar-refractivity contribution in [3.63, 3.8) is 0 Å². The van der Waals surface area contributed by atoms with Gasteiger partial charge in [-0.2, -0.15) is 0 Å². The summed E-state index contributed by atoms with van der Waals surface area (Å²) in [6.45, 7) is 1.45. The van der Waals surface area contributed by atoms with Gasteiger partial charge in [0.2, 0.25) is 0 Å². The summed E-state index contributed by atoms with van der Waals surface area (Å²) in [5.41, 5.74) is 1.83. The third-order valence-corrected chi connectivity index (χ3v) is 1.79. The molecule has 0 aromatic heterocycles. The summed E-state index contributed by atoms with van der Waals surface area (Å²) in [6, 6.07) is 3.27. The van der Waals surface area contributed by atoms with Gasteiger partial charge in [-0.3, -0.25) is 0 Å². The van der Waals surface area contributed by atoms with Crippen molar-refractivity contribution in [1.29, 1.82) is 0 Å². The maximum Gasteiger partial charge on any atom is 0.124 e. The van der Waals surface area contributed by atoms with Crippen molar-refractivity contribution in [3.8, 4) is 5.75 Å². The minimum absolute atomic E-state index is 0.0753. The Hall–Kier alpha value is -1.06. The minimum atomic E-state index is -0.208. The third-order valence-electron chi connectivity index (χ3n) is 1.79. The molecule has 0 heterocycles. The highest BCUT2D eigenvalue weighted by Crippen LogP contribution is 2.23. The molecule has 0 aliphatic rings. The van der Waals surface area contributed by atoms with Crippen LogP contribution in [-0.4, -0.2) is 15.3 Å². The van der Waals surface area contributed by atoms with E-state index in [9.17, 15) is 5.11 Å². The Bertz CT molecular complexity index is 281. The molecule has 1 aromatic carbocycles. The number of rotatable bonds is 2. The summed E-state index contributed by atoms with van der Waals surface area (Å²) in [5.74, 6) is 0.106. The number of aliphatic hydroxyl groups is 2. The lowest BCUT2D eigenvalue weighted by molar-refractivity contribution is 0.270. The molecule has 66 valence electrons. The van der Waals surface area contributed by atoms with Gasteiger partial charge in [0.1, 0.15) is 5.75 Å². The Morgan fingerprint density at radius 3 is 2.33 bits per heavy atom. The second kappa shape index (κ2) is 3.56. The molecule has 0 radical (unpaired) electrons. The van der Waals surface area contributed by atoms with Gasteiger partial charge in [-0.1, -0.05) is 6.07 Å². The zero-order chi connectivity index (χ0) is 9.14. The molecule has 0 amide bonds. The first kappa shape index (κ1) is 9.03. The number of benzene rings is 1. The first-order valence-corrected chi connectivity index (χ1v) is 3.72. The molecule has 12 heavy (non-hydrogen) atoms. The maximum absolute atomic E-state index is 9.38. The number of hydrogen-bond donors (Lipinski definition) is 3. The predicted octanol–water partition coefficient (Wildman–Crippen LogP) is 0.685. The molecule has 0 saturated heterocycles. The van der Waals surface area contributed by atoms with Crippen LogP contribution in [0, 0.1) is 6.92 Å². The van der Waals surface area contributed by atoms with Gasteiger partial charge in [0, 0.05) is 5.56 Å². The molecule has 1 aromatic rings. The summed E-state index contributed by atoms with van der Waals surface area (Å²) in [4.78, 5) is 0. The highest BCUT2D eigenvalue weighted by Gasteiger charge is 2.04. The maximum atomic E-state index is 9.38. The summed E-state index contributed by atoms with van der Waals surface area (Å²) in [5, 5.41) is 27.0. The number of hydrogen-bond acceptors (Lipinski definition) is 3. The van der Waals surface area contributed by atoms with Crippen LogP contribution in [0.3, 0.4) is 0 Å². The van der Waals surface area contributed by atoms with Crippen LogP contribution < -0.4 is 0 Å². The second-order valence-corrected chi connectivity index (χ2v) is 2.74. The van der Waals surface area contributed by atoms with E-state index in [0.717, 1.165) is 0 Å². The van der Waals surface area contributed by atoms with Crippen molar-refractivity contribution >= 4 is 0 Å². The zero-order valence-corrected chi connectivity index (χ0v) is 6.91. The van der Waals surface area contributed by atoms with Crippen LogP contribution in [0.1, 0.15) is 16.7 Å². The van der Waals surface area contributed by atoms with E-state index >= 15 is 0 Å². The smallest absolute Gasteiger partial charge is 0.124 e. The summed E-state index contributed by atoms with van der Waals surface area (Å²) < 4.78 is 0. The van der Waals surface area contributed by atoms with Crippen LogP contribution in [0.25, 0.3) is 0 Å². The number of aryl methyl sites for hydroxylation is 1. The van der Waals surface area contributed by atoms with Crippen LogP contribution in [0.4, 0.5) is 0 Å². The fourth-order valence-corrected chi connectivity index (χ4v) is 1.15. The molecule has 0 bridgehead atoms. The Morgan fingerprint density at radius 2 is 1.83 bits per heavy atom. The summed E-state index contributed by atoms with van der Waals surface area (Å²) in [7, 11) is 0. The van der Waals surface area contributed by atoms with E-state index in [2.05, 4.69) is 0 Å². The van der Waals surface area contributed by atoms with E-state index < -0.39 is 0 Å². The van der Waals surface area contributed by atoms with Crippen molar-refractivity contribution in [2.24, 2.45) is 0 Å². The fourth-order valence-electron chi connectivity index (χ4n) is 1.15. The van der Waals surface area contributed by atoms with Gasteiger partial charge in [-0.15, -0.1) is 0 Å². The first-order chi connectivity index (χ1) is 5.69. The summed E-state index contributed by atoms with van der Waals surface area (Å²) >= 11 is 0.